The number of ether oxygens (including phenoxy) is 2. The zero-order valence-electron chi connectivity index (χ0n) is 19.6. The van der Waals surface area contributed by atoms with E-state index in [0.29, 0.717) is 25.9 Å². The summed E-state index contributed by atoms with van der Waals surface area (Å²) in [6.45, 7) is 8.01. The third-order valence-corrected chi connectivity index (χ3v) is 5.73. The van der Waals surface area contributed by atoms with Crippen LogP contribution in [-0.4, -0.2) is 24.8 Å². The van der Waals surface area contributed by atoms with Gasteiger partial charge in [0.2, 0.25) is 0 Å². The Balaban J connectivity index is 2.19. The quantitative estimate of drug-likeness (QED) is 0.337. The molecule has 0 fully saturated rings. The van der Waals surface area contributed by atoms with E-state index in [1.807, 2.05) is 75.4 Å². The molecule has 0 aliphatic carbocycles. The van der Waals surface area contributed by atoms with E-state index in [0.717, 1.165) is 23.0 Å². The predicted molar refractivity (Wildman–Crippen MR) is 124 cm³/mol. The van der Waals surface area contributed by atoms with Gasteiger partial charge < -0.3 is 14.3 Å². The Hall–Kier alpha value is -2.95. The highest BCUT2D eigenvalue weighted by Gasteiger charge is 2.37. The number of aldehydes is 1. The van der Waals surface area contributed by atoms with Gasteiger partial charge in [-0.25, -0.2) is 0 Å². The summed E-state index contributed by atoms with van der Waals surface area (Å²) < 4.78 is 10.7. The minimum Gasteiger partial charge on any atom is -0.466 e. The van der Waals surface area contributed by atoms with E-state index in [-0.39, 0.29) is 25.0 Å². The molecule has 0 aliphatic rings. The van der Waals surface area contributed by atoms with Crippen LogP contribution in [0.15, 0.2) is 54.6 Å². The highest BCUT2D eigenvalue weighted by molar-refractivity contribution is 5.83. The Morgan fingerprint density at radius 2 is 1.53 bits per heavy atom. The topological polar surface area (TPSA) is 69.7 Å². The van der Waals surface area contributed by atoms with Gasteiger partial charge >= 0.3 is 11.9 Å². The highest BCUT2D eigenvalue weighted by atomic mass is 16.5. The molecule has 172 valence electrons. The molecule has 0 heterocycles. The van der Waals surface area contributed by atoms with Crippen LogP contribution in [0.2, 0.25) is 0 Å². The van der Waals surface area contributed by atoms with Gasteiger partial charge in [0.15, 0.2) is 0 Å². The minimum atomic E-state index is -0.865. The van der Waals surface area contributed by atoms with Crippen LogP contribution in [-0.2, 0) is 42.3 Å². The maximum Gasteiger partial charge on any atom is 0.316 e. The largest absolute Gasteiger partial charge is 0.466 e. The van der Waals surface area contributed by atoms with Crippen LogP contribution in [0, 0.1) is 5.41 Å². The van der Waals surface area contributed by atoms with Crippen molar-refractivity contribution >= 4 is 18.2 Å². The Labute approximate surface area is 191 Å². The summed E-state index contributed by atoms with van der Waals surface area (Å²) in [5.41, 5.74) is 1.28. The summed E-state index contributed by atoms with van der Waals surface area (Å²) >= 11 is 0. The van der Waals surface area contributed by atoms with Crippen LogP contribution < -0.4 is 0 Å². The summed E-state index contributed by atoms with van der Waals surface area (Å²) in [6.07, 6.45) is 3.08. The average Bonchev–Trinajstić information content (AvgIpc) is 2.78. The fraction of sp³-hybridized carbons (Fsp3) is 0.444. The average molecular weight is 439 g/mol. The number of hydrogen-bond acceptors (Lipinski definition) is 5. The molecule has 0 amide bonds. The Morgan fingerprint density at radius 1 is 0.875 bits per heavy atom. The zero-order chi connectivity index (χ0) is 23.6. The van der Waals surface area contributed by atoms with Gasteiger partial charge in [0.25, 0.3) is 0 Å². The van der Waals surface area contributed by atoms with E-state index in [4.69, 9.17) is 9.47 Å². The molecule has 1 unspecified atom stereocenters. The van der Waals surface area contributed by atoms with Crippen molar-refractivity contribution in [3.05, 3.63) is 71.3 Å². The smallest absolute Gasteiger partial charge is 0.316 e. The third-order valence-electron chi connectivity index (χ3n) is 5.73. The number of carbonyl (C=O) groups excluding carboxylic acids is 3. The fourth-order valence-corrected chi connectivity index (χ4v) is 3.57. The molecule has 5 nitrogen and oxygen atoms in total. The van der Waals surface area contributed by atoms with Crippen molar-refractivity contribution in [1.82, 2.24) is 0 Å². The minimum absolute atomic E-state index is 0.191. The van der Waals surface area contributed by atoms with Gasteiger partial charge in [-0.05, 0) is 43.4 Å². The third kappa shape index (κ3) is 7.33. The lowest BCUT2D eigenvalue weighted by Gasteiger charge is -2.29. The standard InChI is InChI=1S/C27H34O5/c1-5-31-24(29)18-21-12-14-23(15-13-21)27(4,17-9-16-26(2,3)20-28)25(30)32-19-22-10-7-6-8-11-22/h6-8,10-15,20H,5,9,16-19H2,1-4H3. The van der Waals surface area contributed by atoms with E-state index < -0.39 is 10.8 Å². The molecule has 5 heteroatoms. The van der Waals surface area contributed by atoms with Gasteiger partial charge in [0.05, 0.1) is 18.4 Å². The first-order chi connectivity index (χ1) is 15.2. The van der Waals surface area contributed by atoms with Crippen molar-refractivity contribution in [2.45, 2.75) is 65.4 Å². The molecule has 0 radical (unpaired) electrons. The fourth-order valence-electron chi connectivity index (χ4n) is 3.57. The van der Waals surface area contributed by atoms with Crippen molar-refractivity contribution in [3.63, 3.8) is 0 Å². The predicted octanol–water partition coefficient (Wildman–Crippen LogP) is 5.19. The molecule has 2 aromatic rings. The van der Waals surface area contributed by atoms with Gasteiger partial charge in [-0.1, -0.05) is 74.9 Å². The van der Waals surface area contributed by atoms with E-state index in [1.54, 1.807) is 6.92 Å². The SMILES string of the molecule is CCOC(=O)Cc1ccc(C(C)(CCCC(C)(C)C=O)C(=O)OCc2ccccc2)cc1. The maximum atomic E-state index is 13.2. The summed E-state index contributed by atoms with van der Waals surface area (Å²) in [7, 11) is 0. The van der Waals surface area contributed by atoms with Gasteiger partial charge in [0, 0.05) is 5.41 Å². The Morgan fingerprint density at radius 3 is 2.12 bits per heavy atom. The van der Waals surface area contributed by atoms with Crippen molar-refractivity contribution in [2.75, 3.05) is 6.61 Å². The summed E-state index contributed by atoms with van der Waals surface area (Å²) in [4.78, 5) is 36.3. The molecule has 0 saturated carbocycles. The van der Waals surface area contributed by atoms with Crippen molar-refractivity contribution in [1.29, 1.82) is 0 Å². The second-order valence-electron chi connectivity index (χ2n) is 9.03. The molecule has 0 saturated heterocycles. The van der Waals surface area contributed by atoms with Crippen molar-refractivity contribution in [2.24, 2.45) is 5.41 Å². The summed E-state index contributed by atoms with van der Waals surface area (Å²) in [6, 6.07) is 17.0. The highest BCUT2D eigenvalue weighted by Crippen LogP contribution is 2.34. The van der Waals surface area contributed by atoms with E-state index in [9.17, 15) is 14.4 Å². The number of carbonyl (C=O) groups is 3. The van der Waals surface area contributed by atoms with Crippen LogP contribution in [0.5, 0.6) is 0 Å². The molecule has 0 aromatic heterocycles. The molecule has 0 N–H and O–H groups in total. The van der Waals surface area contributed by atoms with E-state index >= 15 is 0 Å². The van der Waals surface area contributed by atoms with Crippen molar-refractivity contribution < 1.29 is 23.9 Å². The zero-order valence-corrected chi connectivity index (χ0v) is 19.6. The lowest BCUT2D eigenvalue weighted by molar-refractivity contribution is -0.152. The maximum absolute atomic E-state index is 13.2. The number of esters is 2. The van der Waals surface area contributed by atoms with E-state index in [2.05, 4.69) is 0 Å². The van der Waals surface area contributed by atoms with Crippen molar-refractivity contribution in [3.8, 4) is 0 Å². The Kier molecular flexibility index (Phi) is 9.18. The van der Waals surface area contributed by atoms with Gasteiger partial charge in [-0.3, -0.25) is 9.59 Å². The number of benzene rings is 2. The lowest BCUT2D eigenvalue weighted by atomic mass is 9.76. The second kappa shape index (κ2) is 11.6. The molecular formula is C27H34O5. The molecule has 32 heavy (non-hydrogen) atoms. The first-order valence-electron chi connectivity index (χ1n) is 11.1. The van der Waals surface area contributed by atoms with Crippen LogP contribution in [0.1, 0.15) is 63.6 Å². The van der Waals surface area contributed by atoms with Crippen LogP contribution >= 0.6 is 0 Å². The summed E-state index contributed by atoms with van der Waals surface area (Å²) in [5.74, 6) is -0.579. The molecule has 0 bridgehead atoms. The first kappa shape index (κ1) is 25.3. The molecular weight excluding hydrogens is 404 g/mol. The van der Waals surface area contributed by atoms with Gasteiger partial charge in [-0.2, -0.15) is 0 Å². The van der Waals surface area contributed by atoms with Crippen LogP contribution in [0.4, 0.5) is 0 Å². The monoisotopic (exact) mass is 438 g/mol. The second-order valence-corrected chi connectivity index (χ2v) is 9.03. The first-order valence-corrected chi connectivity index (χ1v) is 11.1. The lowest BCUT2D eigenvalue weighted by Crippen LogP contribution is -2.35. The molecule has 0 aliphatic heterocycles. The van der Waals surface area contributed by atoms with Crippen LogP contribution in [0.3, 0.4) is 0 Å². The normalized spacial score (nSPS) is 13.1. The molecule has 1 atom stereocenters. The Bertz CT molecular complexity index is 886. The molecule has 0 spiro atoms. The molecule has 2 rings (SSSR count). The summed E-state index contributed by atoms with van der Waals surface area (Å²) in [5, 5.41) is 0. The van der Waals surface area contributed by atoms with Crippen LogP contribution in [0.25, 0.3) is 0 Å². The number of rotatable bonds is 12. The number of hydrogen-bond donors (Lipinski definition) is 0. The van der Waals surface area contributed by atoms with Gasteiger partial charge in [0.1, 0.15) is 12.9 Å². The van der Waals surface area contributed by atoms with Gasteiger partial charge in [-0.15, -0.1) is 0 Å². The molecule has 2 aromatic carbocycles. The van der Waals surface area contributed by atoms with E-state index in [1.165, 1.54) is 0 Å².